The highest BCUT2D eigenvalue weighted by atomic mass is 16.5. The molecule has 0 radical (unpaired) electrons. The molecule has 0 aromatic heterocycles. The lowest BCUT2D eigenvalue weighted by Crippen LogP contribution is -2.11. The Bertz CT molecular complexity index is 292. The fourth-order valence-electron chi connectivity index (χ4n) is 1.80. The van der Waals surface area contributed by atoms with E-state index in [9.17, 15) is 0 Å². The van der Waals surface area contributed by atoms with Gasteiger partial charge in [-0.3, -0.25) is 0 Å². The Labute approximate surface area is 105 Å². The Kier molecular flexibility index (Phi) is 6.71. The number of hydrogen-bond donors (Lipinski definition) is 1. The van der Waals surface area contributed by atoms with E-state index in [0.717, 1.165) is 17.9 Å². The van der Waals surface area contributed by atoms with Crippen LogP contribution in [0.4, 0.5) is 0 Å². The van der Waals surface area contributed by atoms with E-state index in [2.05, 4.69) is 13.8 Å². The highest BCUT2D eigenvalue weighted by Gasteiger charge is 2.06. The highest BCUT2D eigenvalue weighted by molar-refractivity contribution is 5.26. The molecule has 0 saturated carbocycles. The summed E-state index contributed by atoms with van der Waals surface area (Å²) < 4.78 is 5.77. The third-order valence-electron chi connectivity index (χ3n) is 3.13. The monoisotopic (exact) mass is 236 g/mol. The summed E-state index contributed by atoms with van der Waals surface area (Å²) in [6, 6.07) is 7.67. The maximum absolute atomic E-state index is 8.94. The van der Waals surface area contributed by atoms with Gasteiger partial charge in [0.2, 0.25) is 0 Å². The first-order chi connectivity index (χ1) is 8.30. The van der Waals surface area contributed by atoms with Gasteiger partial charge < -0.3 is 9.84 Å². The minimum atomic E-state index is 0.0916. The van der Waals surface area contributed by atoms with Gasteiger partial charge in [-0.25, -0.2) is 0 Å². The molecule has 0 aliphatic rings. The lowest BCUT2D eigenvalue weighted by molar-refractivity contribution is 0.233. The molecule has 1 aromatic carbocycles. The normalized spacial score (nSPS) is 12.4. The average Bonchev–Trinajstić information content (AvgIpc) is 2.39. The van der Waals surface area contributed by atoms with Gasteiger partial charge in [-0.2, -0.15) is 0 Å². The topological polar surface area (TPSA) is 29.5 Å². The summed E-state index contributed by atoms with van der Waals surface area (Å²) in [5.74, 6) is 1.56. The molecule has 0 spiro atoms. The Morgan fingerprint density at radius 1 is 1.18 bits per heavy atom. The van der Waals surface area contributed by atoms with Gasteiger partial charge >= 0.3 is 0 Å². The first-order valence-corrected chi connectivity index (χ1v) is 6.62. The largest absolute Gasteiger partial charge is 0.493 e. The predicted octanol–water partition coefficient (Wildman–Crippen LogP) is 3.77. The van der Waals surface area contributed by atoms with Crippen LogP contribution in [0.5, 0.6) is 5.75 Å². The molecule has 1 atom stereocenters. The third kappa shape index (κ3) is 5.22. The second-order valence-electron chi connectivity index (χ2n) is 4.53. The van der Waals surface area contributed by atoms with Gasteiger partial charge in [0, 0.05) is 0 Å². The van der Waals surface area contributed by atoms with Crippen LogP contribution < -0.4 is 4.74 Å². The summed E-state index contributed by atoms with van der Waals surface area (Å²) in [6.07, 6.45) is 4.96. The molecule has 17 heavy (non-hydrogen) atoms. The van der Waals surface area contributed by atoms with Crippen molar-refractivity contribution in [2.24, 2.45) is 5.92 Å². The summed E-state index contributed by atoms with van der Waals surface area (Å²) in [7, 11) is 0. The van der Waals surface area contributed by atoms with E-state index >= 15 is 0 Å². The molecule has 0 amide bonds. The number of unbranched alkanes of at least 4 members (excludes halogenated alkanes) is 1. The lowest BCUT2D eigenvalue weighted by atomic mass is 10.0. The van der Waals surface area contributed by atoms with E-state index < -0.39 is 0 Å². The van der Waals surface area contributed by atoms with Crippen LogP contribution in [0, 0.1) is 5.92 Å². The van der Waals surface area contributed by atoms with E-state index in [1.165, 1.54) is 25.7 Å². The molecule has 0 fully saturated rings. The maximum Gasteiger partial charge on any atom is 0.119 e. The fraction of sp³-hybridized carbons (Fsp3) is 0.600. The van der Waals surface area contributed by atoms with Crippen molar-refractivity contribution in [3.8, 4) is 5.75 Å². The summed E-state index contributed by atoms with van der Waals surface area (Å²) in [5, 5.41) is 8.94. The molecule has 0 bridgehead atoms. The molecule has 0 heterocycles. The van der Waals surface area contributed by atoms with Gasteiger partial charge in [0.05, 0.1) is 13.2 Å². The van der Waals surface area contributed by atoms with Crippen molar-refractivity contribution in [3.05, 3.63) is 29.8 Å². The second kappa shape index (κ2) is 8.13. The van der Waals surface area contributed by atoms with Crippen LogP contribution in [0.1, 0.15) is 45.1 Å². The summed E-state index contributed by atoms with van der Waals surface area (Å²) in [6.45, 7) is 5.34. The van der Waals surface area contributed by atoms with Gasteiger partial charge in [-0.05, 0) is 30.0 Å². The first-order valence-electron chi connectivity index (χ1n) is 6.62. The zero-order valence-electron chi connectivity index (χ0n) is 11.0. The molecule has 96 valence electrons. The van der Waals surface area contributed by atoms with Crippen molar-refractivity contribution >= 4 is 0 Å². The van der Waals surface area contributed by atoms with E-state index in [1.807, 2.05) is 24.3 Å². The number of hydrogen-bond acceptors (Lipinski definition) is 2. The van der Waals surface area contributed by atoms with Crippen LogP contribution >= 0.6 is 0 Å². The number of rotatable bonds is 8. The minimum absolute atomic E-state index is 0.0916. The molecule has 2 heteroatoms. The van der Waals surface area contributed by atoms with Crippen LogP contribution in [0.3, 0.4) is 0 Å². The van der Waals surface area contributed by atoms with Gasteiger partial charge in [-0.1, -0.05) is 45.2 Å². The zero-order chi connectivity index (χ0) is 12.5. The first kappa shape index (κ1) is 14.0. The molecular formula is C15H24O2. The molecule has 1 rings (SSSR count). The van der Waals surface area contributed by atoms with Crippen LogP contribution in [0.2, 0.25) is 0 Å². The molecular weight excluding hydrogens is 212 g/mol. The summed E-state index contributed by atoms with van der Waals surface area (Å²) in [5.41, 5.74) is 0.926. The van der Waals surface area contributed by atoms with E-state index in [4.69, 9.17) is 9.84 Å². The standard InChI is InChI=1S/C15H24O2/c1-3-5-6-13(4-2)12-17-15-9-7-14(11-16)8-10-15/h7-10,13,16H,3-6,11-12H2,1-2H3. The van der Waals surface area contributed by atoms with Crippen LogP contribution in [-0.2, 0) is 6.61 Å². The predicted molar refractivity (Wildman–Crippen MR) is 71.2 cm³/mol. The average molecular weight is 236 g/mol. The van der Waals surface area contributed by atoms with Crippen molar-refractivity contribution in [1.82, 2.24) is 0 Å². The number of aliphatic hydroxyl groups excluding tert-OH is 1. The fourth-order valence-corrected chi connectivity index (χ4v) is 1.80. The van der Waals surface area contributed by atoms with Gasteiger partial charge in [0.25, 0.3) is 0 Å². The Morgan fingerprint density at radius 2 is 1.88 bits per heavy atom. The number of benzene rings is 1. The molecule has 0 aliphatic carbocycles. The number of aliphatic hydroxyl groups is 1. The van der Waals surface area contributed by atoms with Gasteiger partial charge in [0.1, 0.15) is 5.75 Å². The molecule has 0 aliphatic heterocycles. The smallest absolute Gasteiger partial charge is 0.119 e. The second-order valence-corrected chi connectivity index (χ2v) is 4.53. The lowest BCUT2D eigenvalue weighted by Gasteiger charge is -2.15. The van der Waals surface area contributed by atoms with Crippen LogP contribution in [0.25, 0.3) is 0 Å². The Hall–Kier alpha value is -1.02. The van der Waals surface area contributed by atoms with E-state index in [-0.39, 0.29) is 6.61 Å². The number of ether oxygens (including phenoxy) is 1. The van der Waals surface area contributed by atoms with Crippen LogP contribution in [-0.4, -0.2) is 11.7 Å². The van der Waals surface area contributed by atoms with Crippen molar-refractivity contribution in [3.63, 3.8) is 0 Å². The van der Waals surface area contributed by atoms with E-state index in [1.54, 1.807) is 0 Å². The maximum atomic E-state index is 8.94. The van der Waals surface area contributed by atoms with Gasteiger partial charge in [-0.15, -0.1) is 0 Å². The molecule has 0 saturated heterocycles. The van der Waals surface area contributed by atoms with Crippen molar-refractivity contribution in [2.45, 2.75) is 46.1 Å². The van der Waals surface area contributed by atoms with E-state index in [0.29, 0.717) is 5.92 Å². The Morgan fingerprint density at radius 3 is 2.41 bits per heavy atom. The van der Waals surface area contributed by atoms with Crippen molar-refractivity contribution in [1.29, 1.82) is 0 Å². The summed E-state index contributed by atoms with van der Waals surface area (Å²) in [4.78, 5) is 0. The quantitative estimate of drug-likeness (QED) is 0.744. The molecule has 2 nitrogen and oxygen atoms in total. The molecule has 1 N–H and O–H groups in total. The highest BCUT2D eigenvalue weighted by Crippen LogP contribution is 2.17. The van der Waals surface area contributed by atoms with Crippen LogP contribution in [0.15, 0.2) is 24.3 Å². The molecule has 1 unspecified atom stereocenters. The third-order valence-corrected chi connectivity index (χ3v) is 3.13. The SMILES string of the molecule is CCCCC(CC)COc1ccc(CO)cc1. The summed E-state index contributed by atoms with van der Waals surface area (Å²) >= 11 is 0. The molecule has 1 aromatic rings. The minimum Gasteiger partial charge on any atom is -0.493 e. The van der Waals surface area contributed by atoms with Gasteiger partial charge in [0.15, 0.2) is 0 Å². The zero-order valence-corrected chi connectivity index (χ0v) is 11.0. The Balaban J connectivity index is 2.36. The van der Waals surface area contributed by atoms with Crippen molar-refractivity contribution in [2.75, 3.05) is 6.61 Å². The van der Waals surface area contributed by atoms with Crippen molar-refractivity contribution < 1.29 is 9.84 Å².